The van der Waals surface area contributed by atoms with Gasteiger partial charge in [-0.05, 0) is 58.4 Å². The zero-order chi connectivity index (χ0) is 24.7. The van der Waals surface area contributed by atoms with E-state index in [1.807, 2.05) is 23.5 Å². The lowest BCUT2D eigenvalue weighted by Crippen LogP contribution is -2.15. The summed E-state index contributed by atoms with van der Waals surface area (Å²) >= 11 is 1.81. The highest BCUT2D eigenvalue weighted by atomic mass is 32.1. The van der Waals surface area contributed by atoms with Gasteiger partial charge < -0.3 is 0 Å². The summed E-state index contributed by atoms with van der Waals surface area (Å²) < 4.78 is 9.76. The van der Waals surface area contributed by atoms with E-state index in [0.717, 1.165) is 38.7 Å². The number of benzene rings is 3. The molecule has 0 radical (unpaired) electrons. The first-order valence-electron chi connectivity index (χ1n) is 12.5. The number of hydrogen-bond donors (Lipinski definition) is 0. The molecule has 0 saturated heterocycles. The average molecular weight is 464 g/mol. The summed E-state index contributed by atoms with van der Waals surface area (Å²) in [7, 11) is 0. The maximum atomic E-state index is 8.64. The van der Waals surface area contributed by atoms with E-state index in [2.05, 4.69) is 77.9 Å². The Hall–Kier alpha value is -3.04. The molecule has 0 unspecified atom stereocenters. The number of rotatable bonds is 2. The molecule has 0 atom stereocenters. The molecule has 0 fully saturated rings. The molecule has 2 aromatic heterocycles. The topological polar surface area (TPSA) is 25.8 Å². The van der Waals surface area contributed by atoms with Gasteiger partial charge in [0.05, 0.1) is 17.3 Å². The van der Waals surface area contributed by atoms with E-state index in [1.165, 1.54) is 32.7 Å². The lowest BCUT2D eigenvalue weighted by molar-refractivity contribution is 0.411. The van der Waals surface area contributed by atoms with E-state index >= 15 is 0 Å². The third-order valence-corrected chi connectivity index (χ3v) is 8.23. The molecular weight excluding hydrogens is 432 g/mol. The van der Waals surface area contributed by atoms with Gasteiger partial charge in [-0.25, -0.2) is 9.97 Å². The molecule has 0 bridgehead atoms. The molecule has 6 rings (SSSR count). The zero-order valence-corrected chi connectivity index (χ0v) is 21.5. The van der Waals surface area contributed by atoms with Crippen molar-refractivity contribution in [2.45, 2.75) is 53.4 Å². The molecule has 3 aromatic carbocycles. The van der Waals surface area contributed by atoms with Gasteiger partial charge in [0.15, 0.2) is 0 Å². The van der Waals surface area contributed by atoms with Crippen LogP contribution in [0.5, 0.6) is 0 Å². The minimum atomic E-state index is -0.115. The van der Waals surface area contributed by atoms with Gasteiger partial charge in [0.2, 0.25) is 0 Å². The molecule has 0 aliphatic heterocycles. The van der Waals surface area contributed by atoms with Crippen molar-refractivity contribution in [3.05, 3.63) is 83.2 Å². The van der Waals surface area contributed by atoms with Crippen molar-refractivity contribution in [1.29, 1.82) is 0 Å². The summed E-state index contributed by atoms with van der Waals surface area (Å²) in [6.45, 7) is 13.6. The van der Waals surface area contributed by atoms with Crippen LogP contribution in [0.1, 0.15) is 58.2 Å². The van der Waals surface area contributed by atoms with Gasteiger partial charge in [0.25, 0.3) is 0 Å². The Labute approximate surface area is 207 Å². The molecule has 0 spiro atoms. The summed E-state index contributed by atoms with van der Waals surface area (Å²) in [5.74, 6) is 0. The fraction of sp³-hybridized carbons (Fsp3) is 0.290. The summed E-state index contributed by atoms with van der Waals surface area (Å²) in [6.07, 6.45) is 2.74. The molecule has 2 heterocycles. The van der Waals surface area contributed by atoms with Gasteiger partial charge in [-0.3, -0.25) is 0 Å². The van der Waals surface area contributed by atoms with Crippen LogP contribution in [0.15, 0.2) is 60.9 Å². The monoisotopic (exact) mass is 463 g/mol. The molecule has 0 saturated carbocycles. The number of aromatic nitrogens is 2. The van der Waals surface area contributed by atoms with Crippen molar-refractivity contribution in [1.82, 2.24) is 9.97 Å². The van der Waals surface area contributed by atoms with Crippen LogP contribution in [0.4, 0.5) is 0 Å². The predicted octanol–water partition coefficient (Wildman–Crippen LogP) is 8.71. The van der Waals surface area contributed by atoms with E-state index < -0.39 is 0 Å². The van der Waals surface area contributed by atoms with Gasteiger partial charge in [-0.15, -0.1) is 11.3 Å². The maximum absolute atomic E-state index is 8.64. The third-order valence-electron chi connectivity index (χ3n) is 7.01. The molecular formula is C31H30N2S. The van der Waals surface area contributed by atoms with Crippen LogP contribution in [-0.2, 0) is 11.8 Å². The number of fused-ring (bicyclic) bond motifs is 6. The quantitative estimate of drug-likeness (QED) is 0.261. The summed E-state index contributed by atoms with van der Waals surface area (Å²) in [4.78, 5) is 10.9. The maximum Gasteiger partial charge on any atom is 0.116 e. The standard InChI is InChI=1S/C31H30N2S/c1-18-7-9-20-10-11-21(15-22(20)13-18)26-29-27(33-17-32-26)25-28(34-29)23-14-19(16-30(2,3)4)8-12-24(23)31(25,5)6/h7-15,17H,16H2,1-6H3/i10D. The number of hydrogen-bond acceptors (Lipinski definition) is 3. The predicted molar refractivity (Wildman–Crippen MR) is 146 cm³/mol. The van der Waals surface area contributed by atoms with Crippen LogP contribution in [0.3, 0.4) is 0 Å². The SMILES string of the molecule is [2H]c1cc(-c2ncnc3c4c(sc23)-c2cc(CC(C)(C)C)ccc2C4(C)C)cc2cc(C)ccc12. The van der Waals surface area contributed by atoms with Crippen molar-refractivity contribution in [3.63, 3.8) is 0 Å². The molecule has 34 heavy (non-hydrogen) atoms. The van der Waals surface area contributed by atoms with Gasteiger partial charge in [0.1, 0.15) is 6.33 Å². The average Bonchev–Trinajstić information content (AvgIpc) is 3.26. The van der Waals surface area contributed by atoms with Crippen LogP contribution < -0.4 is 0 Å². The van der Waals surface area contributed by atoms with E-state index in [1.54, 1.807) is 6.33 Å². The molecule has 0 N–H and O–H groups in total. The minimum Gasteiger partial charge on any atom is -0.235 e. The molecule has 1 aliphatic rings. The lowest BCUT2D eigenvalue weighted by atomic mass is 9.81. The fourth-order valence-corrected chi connectivity index (χ4v) is 6.96. The number of thiophene rings is 1. The number of nitrogens with zero attached hydrogens (tertiary/aromatic N) is 2. The highest BCUT2D eigenvalue weighted by Gasteiger charge is 2.40. The lowest BCUT2D eigenvalue weighted by Gasteiger charge is -2.22. The first kappa shape index (κ1) is 20.3. The largest absolute Gasteiger partial charge is 0.235 e. The Bertz CT molecular complexity index is 1650. The van der Waals surface area contributed by atoms with E-state index in [-0.39, 0.29) is 10.8 Å². The molecule has 5 aromatic rings. The van der Waals surface area contributed by atoms with Crippen molar-refractivity contribution in [2.75, 3.05) is 0 Å². The van der Waals surface area contributed by atoms with Crippen molar-refractivity contribution >= 4 is 32.3 Å². The molecule has 2 nitrogen and oxygen atoms in total. The van der Waals surface area contributed by atoms with Crippen LogP contribution in [0.25, 0.3) is 42.7 Å². The van der Waals surface area contributed by atoms with Crippen LogP contribution in [0, 0.1) is 12.3 Å². The Morgan fingerprint density at radius 2 is 1.79 bits per heavy atom. The first-order chi connectivity index (χ1) is 16.5. The van der Waals surface area contributed by atoms with Gasteiger partial charge in [-0.1, -0.05) is 82.6 Å². The Balaban J connectivity index is 1.58. The van der Waals surface area contributed by atoms with Crippen LogP contribution in [-0.4, -0.2) is 9.97 Å². The fourth-order valence-electron chi connectivity index (χ4n) is 5.50. The highest BCUT2D eigenvalue weighted by Crippen LogP contribution is 2.56. The Morgan fingerprint density at radius 1 is 0.971 bits per heavy atom. The van der Waals surface area contributed by atoms with Crippen LogP contribution in [0.2, 0.25) is 0 Å². The van der Waals surface area contributed by atoms with Gasteiger partial charge in [-0.2, -0.15) is 0 Å². The second kappa shape index (κ2) is 7.23. The summed E-state index contributed by atoms with van der Waals surface area (Å²) in [5.41, 5.74) is 9.70. The molecule has 1 aliphatic carbocycles. The Morgan fingerprint density at radius 3 is 2.59 bits per heavy atom. The summed E-state index contributed by atoms with van der Waals surface area (Å²) in [5, 5.41) is 2.06. The second-order valence-electron chi connectivity index (χ2n) is 11.4. The third kappa shape index (κ3) is 3.29. The smallest absolute Gasteiger partial charge is 0.116 e. The summed E-state index contributed by atoms with van der Waals surface area (Å²) in [6, 6.07) is 18.0. The first-order valence-corrected chi connectivity index (χ1v) is 12.8. The normalized spacial score (nSPS) is 14.9. The van der Waals surface area contributed by atoms with Gasteiger partial charge >= 0.3 is 0 Å². The van der Waals surface area contributed by atoms with E-state index in [9.17, 15) is 0 Å². The minimum absolute atomic E-state index is 0.115. The van der Waals surface area contributed by atoms with Crippen molar-refractivity contribution in [3.8, 4) is 21.7 Å². The second-order valence-corrected chi connectivity index (χ2v) is 12.4. The zero-order valence-electron chi connectivity index (χ0n) is 21.7. The van der Waals surface area contributed by atoms with Gasteiger partial charge in [0, 0.05) is 21.4 Å². The Kier molecular flexibility index (Phi) is 4.32. The highest BCUT2D eigenvalue weighted by molar-refractivity contribution is 7.23. The molecule has 0 amide bonds. The molecule has 3 heteroatoms. The van der Waals surface area contributed by atoms with Crippen molar-refractivity contribution < 1.29 is 1.37 Å². The van der Waals surface area contributed by atoms with Crippen molar-refractivity contribution in [2.24, 2.45) is 5.41 Å². The van der Waals surface area contributed by atoms with E-state index in [4.69, 9.17) is 11.3 Å². The van der Waals surface area contributed by atoms with Crippen LogP contribution >= 0.6 is 11.3 Å². The molecule has 170 valence electrons. The number of aryl methyl sites for hydroxylation is 1. The van der Waals surface area contributed by atoms with E-state index in [0.29, 0.717) is 6.04 Å².